The molecule has 1 heterocycles. The molecule has 0 aromatic rings. The van der Waals surface area contributed by atoms with Crippen LogP contribution in [0.1, 0.15) is 26.7 Å². The summed E-state index contributed by atoms with van der Waals surface area (Å²) in [5, 5.41) is 0. The number of hydroxylamine groups is 1. The molecule has 0 spiro atoms. The van der Waals surface area contributed by atoms with E-state index >= 15 is 0 Å². The van der Waals surface area contributed by atoms with Crippen LogP contribution < -0.4 is 5.48 Å². The molecule has 0 amide bonds. The molecule has 0 saturated heterocycles. The summed E-state index contributed by atoms with van der Waals surface area (Å²) in [6.07, 6.45) is 2.13. The quantitative estimate of drug-likeness (QED) is 0.696. The van der Waals surface area contributed by atoms with Gasteiger partial charge in [0.15, 0.2) is 0 Å². The number of amidine groups is 1. The van der Waals surface area contributed by atoms with Crippen molar-refractivity contribution in [2.24, 2.45) is 10.3 Å². The van der Waals surface area contributed by atoms with Gasteiger partial charge in [-0.1, -0.05) is 20.3 Å². The fourth-order valence-electron chi connectivity index (χ4n) is 0.956. The topological polar surface area (TPSA) is 50.7 Å². The number of nitrogens with zero attached hydrogens (tertiary/aromatic N) is 1. The van der Waals surface area contributed by atoms with E-state index in [1.807, 2.05) is 6.92 Å². The first-order chi connectivity index (χ1) is 5.24. The van der Waals surface area contributed by atoms with Crippen molar-refractivity contribution in [3.8, 4) is 0 Å². The molecule has 5 heteroatoms. The number of hydrogen-bond donors (Lipinski definition) is 1. The molecule has 64 valence electrons. The van der Waals surface area contributed by atoms with Crippen molar-refractivity contribution in [2.75, 3.05) is 0 Å². The van der Waals surface area contributed by atoms with Gasteiger partial charge in [0.25, 0.3) is 0 Å². The number of nitrogens with one attached hydrogen (secondary N) is 1. The van der Waals surface area contributed by atoms with Crippen molar-refractivity contribution in [2.45, 2.75) is 26.7 Å². The van der Waals surface area contributed by atoms with E-state index in [-0.39, 0.29) is 0 Å². The van der Waals surface area contributed by atoms with Crippen LogP contribution in [0, 0.1) is 5.92 Å². The van der Waals surface area contributed by atoms with E-state index in [0.29, 0.717) is 11.8 Å². The van der Waals surface area contributed by atoms with E-state index in [1.54, 1.807) is 0 Å². The minimum atomic E-state index is -1.50. The molecular weight excluding hydrogens is 164 g/mol. The first kappa shape index (κ1) is 8.67. The van der Waals surface area contributed by atoms with E-state index in [0.717, 1.165) is 12.8 Å². The zero-order valence-corrected chi connectivity index (χ0v) is 7.48. The van der Waals surface area contributed by atoms with E-state index < -0.39 is 11.3 Å². The Labute approximate surface area is 68.8 Å². The van der Waals surface area contributed by atoms with Crippen LogP contribution in [0.5, 0.6) is 0 Å². The molecule has 0 radical (unpaired) electrons. The van der Waals surface area contributed by atoms with Crippen molar-refractivity contribution in [3.63, 3.8) is 0 Å². The van der Waals surface area contributed by atoms with Crippen molar-refractivity contribution in [1.29, 1.82) is 0 Å². The van der Waals surface area contributed by atoms with Crippen molar-refractivity contribution in [1.82, 2.24) is 5.48 Å². The number of hydrogen-bond acceptors (Lipinski definition) is 3. The highest BCUT2D eigenvalue weighted by atomic mass is 32.2. The predicted molar refractivity (Wildman–Crippen MR) is 43.9 cm³/mol. The van der Waals surface area contributed by atoms with Crippen molar-refractivity contribution in [3.05, 3.63) is 0 Å². The molecule has 1 rings (SSSR count). The Morgan fingerprint density at radius 1 is 1.82 bits per heavy atom. The summed E-state index contributed by atoms with van der Waals surface area (Å²) in [5.41, 5.74) is 2.54. The molecule has 0 aromatic heterocycles. The van der Waals surface area contributed by atoms with Crippen LogP contribution in [0.15, 0.2) is 4.40 Å². The predicted octanol–water partition coefficient (Wildman–Crippen LogP) is 0.935. The maximum Gasteiger partial charge on any atom is 0.309 e. The van der Waals surface area contributed by atoms with Crippen LogP contribution in [0.3, 0.4) is 0 Å². The molecule has 1 N–H and O–H groups in total. The van der Waals surface area contributed by atoms with Crippen LogP contribution in [0.4, 0.5) is 0 Å². The van der Waals surface area contributed by atoms with Gasteiger partial charge in [0.05, 0.1) is 0 Å². The van der Waals surface area contributed by atoms with Gasteiger partial charge in [0.2, 0.25) is 0 Å². The fourth-order valence-corrected chi connectivity index (χ4v) is 1.53. The molecule has 2 unspecified atom stereocenters. The minimum Gasteiger partial charge on any atom is -0.235 e. The summed E-state index contributed by atoms with van der Waals surface area (Å²) in [4.78, 5) is 0. The van der Waals surface area contributed by atoms with Crippen LogP contribution in [0.25, 0.3) is 0 Å². The van der Waals surface area contributed by atoms with Gasteiger partial charge in [-0.2, -0.15) is 4.28 Å². The summed E-state index contributed by atoms with van der Waals surface area (Å²) >= 11 is -1.50. The van der Waals surface area contributed by atoms with Gasteiger partial charge in [-0.25, -0.2) is 9.69 Å². The zero-order valence-electron chi connectivity index (χ0n) is 6.66. The van der Waals surface area contributed by atoms with Gasteiger partial charge in [0, 0.05) is 5.92 Å². The first-order valence-corrected chi connectivity index (χ1v) is 4.71. The van der Waals surface area contributed by atoms with Gasteiger partial charge >= 0.3 is 11.3 Å². The van der Waals surface area contributed by atoms with Crippen LogP contribution in [-0.4, -0.2) is 10.0 Å². The molecule has 4 nitrogen and oxygen atoms in total. The number of rotatable bonds is 3. The Morgan fingerprint density at radius 3 is 3.00 bits per heavy atom. The average molecular weight is 176 g/mol. The standard InChI is InChI=1S/C6H12N2O2S/c1-3-4-5(2)6-7-10-11(9)8-6/h5H,3-4H2,1-2H3,(H,7,8). The monoisotopic (exact) mass is 176 g/mol. The maximum atomic E-state index is 10.6. The van der Waals surface area contributed by atoms with Gasteiger partial charge in [-0.05, 0) is 6.42 Å². The lowest BCUT2D eigenvalue weighted by molar-refractivity contribution is 0.298. The minimum absolute atomic E-state index is 0.312. The van der Waals surface area contributed by atoms with Crippen molar-refractivity contribution >= 4 is 17.1 Å². The van der Waals surface area contributed by atoms with Gasteiger partial charge in [-0.15, -0.1) is 4.40 Å². The van der Waals surface area contributed by atoms with Gasteiger partial charge in [0.1, 0.15) is 5.84 Å². The second-order valence-electron chi connectivity index (χ2n) is 2.57. The zero-order chi connectivity index (χ0) is 8.27. The highest BCUT2D eigenvalue weighted by Crippen LogP contribution is 2.10. The van der Waals surface area contributed by atoms with E-state index in [2.05, 4.69) is 21.1 Å². The van der Waals surface area contributed by atoms with Gasteiger partial charge < -0.3 is 0 Å². The third-order valence-electron chi connectivity index (χ3n) is 1.58. The average Bonchev–Trinajstić information content (AvgIpc) is 2.36. The molecule has 1 aliphatic heterocycles. The highest BCUT2D eigenvalue weighted by Gasteiger charge is 2.18. The van der Waals surface area contributed by atoms with Crippen LogP contribution >= 0.6 is 0 Å². The smallest absolute Gasteiger partial charge is 0.235 e. The largest absolute Gasteiger partial charge is 0.309 e. The molecular formula is C6H12N2O2S. The van der Waals surface area contributed by atoms with Crippen LogP contribution in [-0.2, 0) is 15.6 Å². The van der Waals surface area contributed by atoms with Crippen molar-refractivity contribution < 1.29 is 8.49 Å². The maximum absolute atomic E-state index is 10.6. The molecule has 0 bridgehead atoms. The Kier molecular flexibility index (Phi) is 3.02. The highest BCUT2D eigenvalue weighted by molar-refractivity contribution is 7.79. The lowest BCUT2D eigenvalue weighted by atomic mass is 10.1. The van der Waals surface area contributed by atoms with Crippen LogP contribution in [0.2, 0.25) is 0 Å². The summed E-state index contributed by atoms with van der Waals surface area (Å²) in [6, 6.07) is 0. The summed E-state index contributed by atoms with van der Waals surface area (Å²) < 4.78 is 18.9. The fraction of sp³-hybridized carbons (Fsp3) is 0.833. The molecule has 0 saturated carbocycles. The summed E-state index contributed by atoms with van der Waals surface area (Å²) in [7, 11) is 0. The molecule has 2 atom stereocenters. The normalized spacial score (nSPS) is 26.0. The van der Waals surface area contributed by atoms with Gasteiger partial charge in [-0.3, -0.25) is 0 Å². The third kappa shape index (κ3) is 2.27. The molecule has 1 aliphatic rings. The summed E-state index contributed by atoms with van der Waals surface area (Å²) in [6.45, 7) is 4.13. The summed E-state index contributed by atoms with van der Waals surface area (Å²) in [5.74, 6) is 1.01. The molecule has 0 fully saturated rings. The van der Waals surface area contributed by atoms with E-state index in [4.69, 9.17) is 0 Å². The molecule has 11 heavy (non-hydrogen) atoms. The second kappa shape index (κ2) is 3.82. The Hall–Kier alpha value is -0.420. The lowest BCUT2D eigenvalue weighted by Crippen LogP contribution is -2.23. The van der Waals surface area contributed by atoms with E-state index in [1.165, 1.54) is 0 Å². The Bertz CT molecular complexity index is 193. The lowest BCUT2D eigenvalue weighted by Gasteiger charge is -2.06. The molecule has 0 aromatic carbocycles. The third-order valence-corrected chi connectivity index (χ3v) is 2.15. The first-order valence-electron chi connectivity index (χ1n) is 3.68. The van der Waals surface area contributed by atoms with E-state index in [9.17, 15) is 4.21 Å². The SMILES string of the molecule is CCCC(C)C1=NS(=O)ON1. The molecule has 0 aliphatic carbocycles. The Morgan fingerprint density at radius 2 is 2.55 bits per heavy atom. The Balaban J connectivity index is 2.47. The second-order valence-corrected chi connectivity index (χ2v) is 3.35.